The molecule has 0 saturated heterocycles. The third-order valence-electron chi connectivity index (χ3n) is 4.52. The van der Waals surface area contributed by atoms with Crippen LogP contribution >= 0.6 is 0 Å². The fraction of sp³-hybridized carbons (Fsp3) is 0.190. The zero-order chi connectivity index (χ0) is 19.8. The molecule has 0 radical (unpaired) electrons. The summed E-state index contributed by atoms with van der Waals surface area (Å²) in [6.45, 7) is 3.26. The molecule has 1 aliphatic rings. The lowest BCUT2D eigenvalue weighted by Gasteiger charge is -2.18. The van der Waals surface area contributed by atoms with Gasteiger partial charge in [0.25, 0.3) is 0 Å². The molecule has 3 aromatic rings. The zero-order valence-corrected chi connectivity index (χ0v) is 15.6. The normalized spacial score (nSPS) is 16.0. The molecule has 4 rings (SSSR count). The summed E-state index contributed by atoms with van der Waals surface area (Å²) in [6.07, 6.45) is 0.336. The number of nitrogens with zero attached hydrogens (tertiary/aromatic N) is 2. The van der Waals surface area contributed by atoms with Crippen LogP contribution in [0.1, 0.15) is 29.8 Å². The summed E-state index contributed by atoms with van der Waals surface area (Å²) >= 11 is 0. The Labute approximate surface area is 160 Å². The van der Waals surface area contributed by atoms with Crippen LogP contribution < -0.4 is 10.2 Å². The average molecular weight is 378 g/mol. The Balaban J connectivity index is 1.75. The van der Waals surface area contributed by atoms with Crippen LogP contribution in [0.5, 0.6) is 5.75 Å². The van der Waals surface area contributed by atoms with Crippen molar-refractivity contribution in [3.8, 4) is 5.75 Å². The highest BCUT2D eigenvalue weighted by atomic mass is 16.5. The number of hydrazone groups is 1. The van der Waals surface area contributed by atoms with E-state index < -0.39 is 6.23 Å². The number of ether oxygens (including phenoxy) is 2. The molecule has 1 aromatic heterocycles. The van der Waals surface area contributed by atoms with Crippen molar-refractivity contribution in [3.63, 3.8) is 0 Å². The van der Waals surface area contributed by atoms with Crippen LogP contribution in [-0.2, 0) is 9.53 Å². The molecule has 2 heterocycles. The van der Waals surface area contributed by atoms with Gasteiger partial charge in [0, 0.05) is 12.5 Å². The maximum atomic E-state index is 13.0. The predicted molar refractivity (Wildman–Crippen MR) is 103 cm³/mol. The highest BCUT2D eigenvalue weighted by Gasteiger charge is 2.35. The molecule has 142 valence electrons. The molecule has 0 fully saturated rings. The summed E-state index contributed by atoms with van der Waals surface area (Å²) in [5.74, 6) is 0.580. The van der Waals surface area contributed by atoms with Crippen molar-refractivity contribution in [3.05, 3.63) is 75.6 Å². The predicted octanol–water partition coefficient (Wildman–Crippen LogP) is 3.35. The van der Waals surface area contributed by atoms with Gasteiger partial charge in [-0.15, -0.1) is 5.10 Å². The average Bonchev–Trinajstić information content (AvgIpc) is 3.14. The van der Waals surface area contributed by atoms with E-state index in [0.717, 1.165) is 10.6 Å². The number of amides is 1. The number of carbonyl (C=O) groups excluding carboxylic acids is 1. The van der Waals surface area contributed by atoms with Gasteiger partial charge in [0.05, 0.1) is 18.1 Å². The molecule has 0 spiro atoms. The second kappa shape index (κ2) is 6.84. The van der Waals surface area contributed by atoms with Crippen LogP contribution in [-0.4, -0.2) is 23.9 Å². The van der Waals surface area contributed by atoms with Gasteiger partial charge in [0.1, 0.15) is 17.6 Å². The maximum absolute atomic E-state index is 13.0. The summed E-state index contributed by atoms with van der Waals surface area (Å²) in [6, 6.07) is 12.4. The monoisotopic (exact) mass is 378 g/mol. The zero-order valence-electron chi connectivity index (χ0n) is 15.6. The largest absolute Gasteiger partial charge is 0.497 e. The number of hydrogen-bond donors (Lipinski definition) is 0. The first-order chi connectivity index (χ1) is 13.5. The molecule has 0 saturated carbocycles. The number of fused-ring (bicyclic) bond motifs is 1. The van der Waals surface area contributed by atoms with E-state index in [2.05, 4.69) is 5.10 Å². The van der Waals surface area contributed by atoms with Gasteiger partial charge in [-0.3, -0.25) is 9.59 Å². The van der Waals surface area contributed by atoms with Crippen LogP contribution in [0.25, 0.3) is 11.0 Å². The van der Waals surface area contributed by atoms with Crippen molar-refractivity contribution in [2.24, 2.45) is 5.10 Å². The van der Waals surface area contributed by atoms with Gasteiger partial charge >= 0.3 is 0 Å². The summed E-state index contributed by atoms with van der Waals surface area (Å²) in [4.78, 5) is 25.1. The van der Waals surface area contributed by atoms with Crippen molar-refractivity contribution in [1.29, 1.82) is 0 Å². The van der Waals surface area contributed by atoms with Gasteiger partial charge in [-0.05, 0) is 43.3 Å². The van der Waals surface area contributed by atoms with Crippen LogP contribution in [0, 0.1) is 6.92 Å². The van der Waals surface area contributed by atoms with E-state index >= 15 is 0 Å². The van der Waals surface area contributed by atoms with Crippen LogP contribution in [0.15, 0.2) is 63.0 Å². The Hall–Kier alpha value is -3.61. The molecular weight excluding hydrogens is 360 g/mol. The van der Waals surface area contributed by atoms with Crippen LogP contribution in [0.3, 0.4) is 0 Å². The summed E-state index contributed by atoms with van der Waals surface area (Å²) in [7, 11) is 1.58. The molecule has 7 heteroatoms. The molecule has 7 nitrogen and oxygen atoms in total. The minimum Gasteiger partial charge on any atom is -0.497 e. The van der Waals surface area contributed by atoms with E-state index in [9.17, 15) is 9.59 Å². The van der Waals surface area contributed by atoms with E-state index in [-0.39, 0.29) is 22.8 Å². The standard InChI is InChI=1S/C21H18N2O5/c1-12-4-9-18-16(10-12)19(25)17(11-27-18)21-23(13(2)24)22-20(28-21)14-5-7-15(26-3)8-6-14/h4-11,21H,1-3H3/t21-/m0/s1. The summed E-state index contributed by atoms with van der Waals surface area (Å²) in [5.41, 5.74) is 2.02. The molecular formula is C21H18N2O5. The second-order valence-electron chi connectivity index (χ2n) is 6.49. The number of methoxy groups -OCH3 is 1. The van der Waals surface area contributed by atoms with Gasteiger partial charge in [-0.2, -0.15) is 5.01 Å². The smallest absolute Gasteiger partial charge is 0.243 e. The first kappa shape index (κ1) is 17.8. The van der Waals surface area contributed by atoms with E-state index in [4.69, 9.17) is 13.9 Å². The van der Waals surface area contributed by atoms with Gasteiger partial charge < -0.3 is 13.9 Å². The maximum Gasteiger partial charge on any atom is 0.243 e. The lowest BCUT2D eigenvalue weighted by atomic mass is 10.1. The van der Waals surface area contributed by atoms with Crippen LogP contribution in [0.2, 0.25) is 0 Å². The fourth-order valence-electron chi connectivity index (χ4n) is 3.05. The fourth-order valence-corrected chi connectivity index (χ4v) is 3.05. The van der Waals surface area contributed by atoms with Crippen molar-refractivity contribution >= 4 is 22.8 Å². The van der Waals surface area contributed by atoms with E-state index in [1.807, 2.05) is 13.0 Å². The Morgan fingerprint density at radius 1 is 1.18 bits per heavy atom. The van der Waals surface area contributed by atoms with E-state index in [1.165, 1.54) is 13.2 Å². The van der Waals surface area contributed by atoms with Crippen molar-refractivity contribution in [2.75, 3.05) is 7.11 Å². The topological polar surface area (TPSA) is 81.3 Å². The molecule has 0 aliphatic carbocycles. The van der Waals surface area contributed by atoms with Crippen molar-refractivity contribution in [2.45, 2.75) is 20.1 Å². The number of aryl methyl sites for hydroxylation is 1. The minimum atomic E-state index is -0.990. The lowest BCUT2D eigenvalue weighted by molar-refractivity contribution is -0.135. The first-order valence-electron chi connectivity index (χ1n) is 8.69. The number of rotatable bonds is 3. The first-order valence-corrected chi connectivity index (χ1v) is 8.69. The number of benzene rings is 2. The minimum absolute atomic E-state index is 0.209. The SMILES string of the molecule is COc1ccc(C2=NN(C(C)=O)[C@H](c3coc4ccc(C)cc4c3=O)O2)cc1. The molecule has 2 aromatic carbocycles. The van der Waals surface area contributed by atoms with Gasteiger partial charge in [-0.25, -0.2) is 0 Å². The molecule has 1 aliphatic heterocycles. The Morgan fingerprint density at radius 2 is 1.93 bits per heavy atom. The van der Waals surface area contributed by atoms with Gasteiger partial charge in [-0.1, -0.05) is 11.6 Å². The highest BCUT2D eigenvalue weighted by molar-refractivity contribution is 5.96. The third kappa shape index (κ3) is 3.00. The molecule has 1 atom stereocenters. The Bertz CT molecular complexity index is 1150. The summed E-state index contributed by atoms with van der Waals surface area (Å²) in [5, 5.41) is 5.85. The van der Waals surface area contributed by atoms with Gasteiger partial charge in [0.2, 0.25) is 23.5 Å². The lowest BCUT2D eigenvalue weighted by Crippen LogP contribution is -2.29. The van der Waals surface area contributed by atoms with Crippen molar-refractivity contribution < 1.29 is 18.7 Å². The van der Waals surface area contributed by atoms with Gasteiger partial charge in [0.15, 0.2) is 0 Å². The Kier molecular flexibility index (Phi) is 4.35. The number of hydrogen-bond acceptors (Lipinski definition) is 6. The third-order valence-corrected chi connectivity index (χ3v) is 4.52. The number of carbonyl (C=O) groups is 1. The quantitative estimate of drug-likeness (QED) is 0.698. The second-order valence-corrected chi connectivity index (χ2v) is 6.49. The molecule has 1 amide bonds. The Morgan fingerprint density at radius 3 is 2.61 bits per heavy atom. The van der Waals surface area contributed by atoms with E-state index in [0.29, 0.717) is 22.3 Å². The molecule has 28 heavy (non-hydrogen) atoms. The van der Waals surface area contributed by atoms with E-state index in [1.54, 1.807) is 43.5 Å². The molecule has 0 N–H and O–H groups in total. The van der Waals surface area contributed by atoms with Crippen molar-refractivity contribution in [1.82, 2.24) is 5.01 Å². The molecule has 0 unspecified atom stereocenters. The summed E-state index contributed by atoms with van der Waals surface area (Å²) < 4.78 is 16.6. The van der Waals surface area contributed by atoms with Crippen LogP contribution in [0.4, 0.5) is 0 Å². The highest BCUT2D eigenvalue weighted by Crippen LogP contribution is 2.30. The molecule has 0 bridgehead atoms.